The second-order valence-electron chi connectivity index (χ2n) is 5.02. The van der Waals surface area contributed by atoms with Crippen molar-refractivity contribution in [1.82, 2.24) is 4.90 Å². The van der Waals surface area contributed by atoms with Gasteiger partial charge in [0.25, 0.3) is 5.69 Å². The minimum Gasteiger partial charge on any atom is -0.378 e. The van der Waals surface area contributed by atoms with Crippen LogP contribution in [0.25, 0.3) is 0 Å². The second-order valence-corrected chi connectivity index (χ2v) is 5.43. The SMILES string of the molecule is CN1CCC(CNc2c(Cl)cccc2[N+](=O)[O-])CC1. The molecule has 1 heterocycles. The Labute approximate surface area is 117 Å². The Kier molecular flexibility index (Phi) is 4.61. The van der Waals surface area contributed by atoms with Crippen molar-refractivity contribution in [3.63, 3.8) is 0 Å². The lowest BCUT2D eigenvalue weighted by atomic mass is 9.97. The first-order valence-electron chi connectivity index (χ1n) is 6.43. The van der Waals surface area contributed by atoms with Crippen LogP contribution in [0.1, 0.15) is 12.8 Å². The van der Waals surface area contributed by atoms with Crippen LogP contribution in [0.5, 0.6) is 0 Å². The summed E-state index contributed by atoms with van der Waals surface area (Å²) in [5, 5.41) is 14.5. The third-order valence-corrected chi connectivity index (χ3v) is 3.91. The first-order valence-corrected chi connectivity index (χ1v) is 6.81. The van der Waals surface area contributed by atoms with Crippen LogP contribution in [0.4, 0.5) is 11.4 Å². The van der Waals surface area contributed by atoms with E-state index in [9.17, 15) is 10.1 Å². The maximum Gasteiger partial charge on any atom is 0.293 e. The molecule has 5 nitrogen and oxygen atoms in total. The Morgan fingerprint density at radius 3 is 2.79 bits per heavy atom. The van der Waals surface area contributed by atoms with Crippen molar-refractivity contribution in [2.45, 2.75) is 12.8 Å². The third kappa shape index (κ3) is 3.58. The van der Waals surface area contributed by atoms with Crippen molar-refractivity contribution >= 4 is 23.0 Å². The number of rotatable bonds is 4. The lowest BCUT2D eigenvalue weighted by Gasteiger charge is -2.29. The minimum atomic E-state index is -0.400. The molecule has 2 rings (SSSR count). The number of piperidine rings is 1. The van der Waals surface area contributed by atoms with Gasteiger partial charge in [0, 0.05) is 12.6 Å². The van der Waals surface area contributed by atoms with E-state index < -0.39 is 4.92 Å². The zero-order valence-electron chi connectivity index (χ0n) is 10.9. The number of anilines is 1. The molecule has 104 valence electrons. The van der Waals surface area contributed by atoms with Gasteiger partial charge in [-0.25, -0.2) is 0 Å². The zero-order chi connectivity index (χ0) is 13.8. The van der Waals surface area contributed by atoms with Gasteiger partial charge in [0.2, 0.25) is 0 Å². The molecule has 19 heavy (non-hydrogen) atoms. The summed E-state index contributed by atoms with van der Waals surface area (Å²) in [6.45, 7) is 2.90. The van der Waals surface area contributed by atoms with E-state index >= 15 is 0 Å². The quantitative estimate of drug-likeness (QED) is 0.682. The number of nitrogens with one attached hydrogen (secondary N) is 1. The average Bonchev–Trinajstić information content (AvgIpc) is 2.39. The molecular weight excluding hydrogens is 266 g/mol. The highest BCUT2D eigenvalue weighted by molar-refractivity contribution is 6.33. The lowest BCUT2D eigenvalue weighted by molar-refractivity contribution is -0.383. The molecule has 0 aliphatic carbocycles. The smallest absolute Gasteiger partial charge is 0.293 e. The van der Waals surface area contributed by atoms with Gasteiger partial charge in [-0.2, -0.15) is 0 Å². The fourth-order valence-electron chi connectivity index (χ4n) is 2.35. The Hall–Kier alpha value is -1.33. The number of benzene rings is 1. The number of hydrogen-bond acceptors (Lipinski definition) is 4. The number of nitro benzene ring substituents is 1. The van der Waals surface area contributed by atoms with Gasteiger partial charge in [-0.1, -0.05) is 17.7 Å². The molecule has 1 saturated heterocycles. The lowest BCUT2D eigenvalue weighted by Crippen LogP contribution is -2.33. The maximum absolute atomic E-state index is 11.0. The molecule has 1 fully saturated rings. The van der Waals surface area contributed by atoms with Crippen LogP contribution in [-0.4, -0.2) is 36.5 Å². The Morgan fingerprint density at radius 1 is 1.47 bits per heavy atom. The van der Waals surface area contributed by atoms with E-state index in [2.05, 4.69) is 17.3 Å². The Balaban J connectivity index is 2.01. The van der Waals surface area contributed by atoms with Crippen molar-refractivity contribution in [1.29, 1.82) is 0 Å². The van der Waals surface area contributed by atoms with Crippen LogP contribution >= 0.6 is 11.6 Å². The van der Waals surface area contributed by atoms with Crippen LogP contribution < -0.4 is 5.32 Å². The number of nitrogens with zero attached hydrogens (tertiary/aromatic N) is 2. The first-order chi connectivity index (χ1) is 9.08. The number of nitro groups is 1. The van der Waals surface area contributed by atoms with Crippen LogP contribution in [-0.2, 0) is 0 Å². The highest BCUT2D eigenvalue weighted by Gasteiger charge is 2.20. The van der Waals surface area contributed by atoms with Gasteiger partial charge in [-0.15, -0.1) is 0 Å². The van der Waals surface area contributed by atoms with Crippen molar-refractivity contribution < 1.29 is 4.92 Å². The summed E-state index contributed by atoms with van der Waals surface area (Å²) in [5.74, 6) is 0.548. The molecule has 1 aliphatic heterocycles. The summed E-state index contributed by atoms with van der Waals surface area (Å²) < 4.78 is 0. The molecule has 0 bridgehead atoms. The van der Waals surface area contributed by atoms with Crippen LogP contribution in [0.2, 0.25) is 5.02 Å². The molecule has 0 spiro atoms. The summed E-state index contributed by atoms with van der Waals surface area (Å²) in [5.41, 5.74) is 0.480. The van der Waals surface area contributed by atoms with Gasteiger partial charge >= 0.3 is 0 Å². The predicted molar refractivity (Wildman–Crippen MR) is 76.8 cm³/mol. The molecule has 0 radical (unpaired) electrons. The summed E-state index contributed by atoms with van der Waals surface area (Å²) in [7, 11) is 2.11. The zero-order valence-corrected chi connectivity index (χ0v) is 11.7. The first kappa shape index (κ1) is 14.1. The van der Waals surface area contributed by atoms with Gasteiger partial charge in [-0.05, 0) is 45.0 Å². The predicted octanol–water partition coefficient (Wildman–Crippen LogP) is 3.00. The summed E-state index contributed by atoms with van der Waals surface area (Å²) in [6.07, 6.45) is 2.23. The highest BCUT2D eigenvalue weighted by atomic mass is 35.5. The Bertz CT molecular complexity index is 459. The molecule has 0 saturated carbocycles. The molecule has 1 aliphatic rings. The molecule has 6 heteroatoms. The van der Waals surface area contributed by atoms with Gasteiger partial charge in [0.05, 0.1) is 9.95 Å². The third-order valence-electron chi connectivity index (χ3n) is 3.59. The standard InChI is InChI=1S/C13H18ClN3O2/c1-16-7-5-10(6-8-16)9-15-13-11(14)3-2-4-12(13)17(18)19/h2-4,10,15H,5-9H2,1H3. The Morgan fingerprint density at radius 2 is 2.16 bits per heavy atom. The number of para-hydroxylation sites is 1. The summed E-state index contributed by atoms with van der Waals surface area (Å²) in [6, 6.07) is 4.75. The summed E-state index contributed by atoms with van der Waals surface area (Å²) in [4.78, 5) is 12.9. The monoisotopic (exact) mass is 283 g/mol. The van der Waals surface area contributed by atoms with E-state index in [0.29, 0.717) is 16.6 Å². The number of hydrogen-bond donors (Lipinski definition) is 1. The van der Waals surface area contributed by atoms with Crippen LogP contribution in [0.3, 0.4) is 0 Å². The topological polar surface area (TPSA) is 58.4 Å². The van der Waals surface area contributed by atoms with E-state index in [4.69, 9.17) is 11.6 Å². The van der Waals surface area contributed by atoms with E-state index in [0.717, 1.165) is 32.5 Å². The van der Waals surface area contributed by atoms with Crippen molar-refractivity contribution in [3.8, 4) is 0 Å². The number of likely N-dealkylation sites (tertiary alicyclic amines) is 1. The van der Waals surface area contributed by atoms with Gasteiger partial charge in [0.15, 0.2) is 0 Å². The molecule has 0 unspecified atom stereocenters. The van der Waals surface area contributed by atoms with E-state index in [1.807, 2.05) is 0 Å². The molecular formula is C13H18ClN3O2. The van der Waals surface area contributed by atoms with Crippen molar-refractivity contribution in [2.75, 3.05) is 32.0 Å². The second kappa shape index (κ2) is 6.21. The van der Waals surface area contributed by atoms with E-state index in [1.165, 1.54) is 6.07 Å². The van der Waals surface area contributed by atoms with Gasteiger partial charge < -0.3 is 10.2 Å². The van der Waals surface area contributed by atoms with E-state index in [1.54, 1.807) is 12.1 Å². The average molecular weight is 284 g/mol. The molecule has 0 atom stereocenters. The fourth-order valence-corrected chi connectivity index (χ4v) is 2.59. The largest absolute Gasteiger partial charge is 0.378 e. The van der Waals surface area contributed by atoms with Gasteiger partial charge in [0.1, 0.15) is 5.69 Å². The summed E-state index contributed by atoms with van der Waals surface area (Å²) >= 11 is 6.04. The number of halogens is 1. The molecule has 0 amide bonds. The van der Waals surface area contributed by atoms with Crippen LogP contribution in [0, 0.1) is 16.0 Å². The van der Waals surface area contributed by atoms with Crippen LogP contribution in [0.15, 0.2) is 18.2 Å². The molecule has 1 N–H and O–H groups in total. The van der Waals surface area contributed by atoms with Crippen molar-refractivity contribution in [2.24, 2.45) is 5.92 Å². The molecule has 0 aromatic heterocycles. The van der Waals surface area contributed by atoms with Crippen molar-refractivity contribution in [3.05, 3.63) is 33.3 Å². The molecule has 1 aromatic carbocycles. The fraction of sp³-hybridized carbons (Fsp3) is 0.538. The maximum atomic E-state index is 11.0. The van der Waals surface area contributed by atoms with E-state index in [-0.39, 0.29) is 5.69 Å². The minimum absolute atomic E-state index is 0.0421. The van der Waals surface area contributed by atoms with Gasteiger partial charge in [-0.3, -0.25) is 10.1 Å². The highest BCUT2D eigenvalue weighted by Crippen LogP contribution is 2.32. The molecule has 1 aromatic rings. The normalized spacial score (nSPS) is 17.4.